The Morgan fingerprint density at radius 3 is 2.31 bits per heavy atom. The number of piperidine rings is 1. The molecule has 2 N–H and O–H groups in total. The number of nitrogens with zero attached hydrogens (tertiary/aromatic N) is 1. The zero-order valence-electron chi connectivity index (χ0n) is 17.7. The second-order valence-corrected chi connectivity index (χ2v) is 11.9. The maximum absolute atomic E-state index is 12.9. The molecule has 1 saturated heterocycles. The second-order valence-electron chi connectivity index (χ2n) is 8.22. The van der Waals surface area contributed by atoms with E-state index < -0.39 is 26.0 Å². The molecule has 2 aliphatic rings. The molecule has 8 nitrogen and oxygen atoms in total. The lowest BCUT2D eigenvalue weighted by molar-refractivity contribution is 0.0950. The minimum atomic E-state index is -3.65. The Labute approximate surface area is 189 Å². The van der Waals surface area contributed by atoms with E-state index >= 15 is 0 Å². The van der Waals surface area contributed by atoms with Crippen LogP contribution in [0.4, 0.5) is 0 Å². The van der Waals surface area contributed by atoms with E-state index in [1.54, 1.807) is 30.3 Å². The minimum absolute atomic E-state index is 0.0222. The van der Waals surface area contributed by atoms with Crippen LogP contribution in [-0.4, -0.2) is 46.2 Å². The average Bonchev–Trinajstić information content (AvgIpc) is 3.61. The van der Waals surface area contributed by atoms with Crippen molar-refractivity contribution >= 4 is 26.0 Å². The SMILES string of the molecule is O=C(NCc1cccc(S(=O)(=O)N2CCCCC2)c1)c1cccc(S(=O)(=O)NC2CC2)c1. The van der Waals surface area contributed by atoms with Crippen molar-refractivity contribution in [2.75, 3.05) is 13.1 Å². The highest BCUT2D eigenvalue weighted by atomic mass is 32.2. The van der Waals surface area contributed by atoms with Gasteiger partial charge in [-0.1, -0.05) is 24.6 Å². The zero-order chi connectivity index (χ0) is 22.8. The summed E-state index contributed by atoms with van der Waals surface area (Å²) in [5.74, 6) is -0.433. The maximum Gasteiger partial charge on any atom is 0.251 e. The first-order chi connectivity index (χ1) is 15.3. The molecule has 32 heavy (non-hydrogen) atoms. The number of hydrogen-bond donors (Lipinski definition) is 2. The average molecular weight is 478 g/mol. The van der Waals surface area contributed by atoms with Crippen LogP contribution in [0.1, 0.15) is 48.0 Å². The van der Waals surface area contributed by atoms with Crippen LogP contribution in [0.3, 0.4) is 0 Å². The number of carbonyl (C=O) groups excluding carboxylic acids is 1. The molecule has 1 aliphatic heterocycles. The predicted molar refractivity (Wildman–Crippen MR) is 120 cm³/mol. The predicted octanol–water partition coefficient (Wildman–Crippen LogP) is 2.23. The van der Waals surface area contributed by atoms with Gasteiger partial charge in [-0.2, -0.15) is 4.31 Å². The van der Waals surface area contributed by atoms with E-state index in [1.807, 2.05) is 0 Å². The second kappa shape index (κ2) is 9.30. The van der Waals surface area contributed by atoms with Crippen LogP contribution in [0.15, 0.2) is 58.3 Å². The van der Waals surface area contributed by atoms with Crippen molar-refractivity contribution in [1.29, 1.82) is 0 Å². The van der Waals surface area contributed by atoms with Crippen LogP contribution >= 0.6 is 0 Å². The molecule has 4 rings (SSSR count). The fraction of sp³-hybridized carbons (Fsp3) is 0.409. The minimum Gasteiger partial charge on any atom is -0.348 e. The van der Waals surface area contributed by atoms with Crippen molar-refractivity contribution in [2.45, 2.75) is 54.5 Å². The van der Waals surface area contributed by atoms with Crippen LogP contribution in [0.2, 0.25) is 0 Å². The normalized spacial score (nSPS) is 17.8. The van der Waals surface area contributed by atoms with Gasteiger partial charge in [0, 0.05) is 31.2 Å². The fourth-order valence-corrected chi connectivity index (χ4v) is 6.59. The smallest absolute Gasteiger partial charge is 0.251 e. The van der Waals surface area contributed by atoms with Crippen molar-refractivity contribution in [2.24, 2.45) is 0 Å². The van der Waals surface area contributed by atoms with E-state index in [4.69, 9.17) is 0 Å². The number of benzene rings is 2. The van der Waals surface area contributed by atoms with Gasteiger partial charge >= 0.3 is 0 Å². The van der Waals surface area contributed by atoms with Crippen LogP contribution < -0.4 is 10.0 Å². The van der Waals surface area contributed by atoms with E-state index in [9.17, 15) is 21.6 Å². The molecule has 1 saturated carbocycles. The molecule has 2 aromatic carbocycles. The van der Waals surface area contributed by atoms with Crippen LogP contribution in [-0.2, 0) is 26.6 Å². The van der Waals surface area contributed by atoms with Gasteiger partial charge in [-0.25, -0.2) is 21.6 Å². The lowest BCUT2D eigenvalue weighted by Crippen LogP contribution is -2.35. The molecule has 1 heterocycles. The van der Waals surface area contributed by atoms with E-state index in [2.05, 4.69) is 10.0 Å². The Balaban J connectivity index is 1.43. The summed E-state index contributed by atoms with van der Waals surface area (Å²) in [6.45, 7) is 1.18. The molecule has 2 fully saturated rings. The number of hydrogen-bond acceptors (Lipinski definition) is 5. The Morgan fingerprint density at radius 2 is 1.59 bits per heavy atom. The summed E-state index contributed by atoms with van der Waals surface area (Å²) in [5, 5.41) is 2.74. The van der Waals surface area contributed by atoms with Gasteiger partial charge in [0.1, 0.15) is 0 Å². The molecule has 172 valence electrons. The van der Waals surface area contributed by atoms with Crippen molar-refractivity contribution in [1.82, 2.24) is 14.3 Å². The van der Waals surface area contributed by atoms with Gasteiger partial charge in [0.05, 0.1) is 9.79 Å². The maximum atomic E-state index is 12.9. The largest absolute Gasteiger partial charge is 0.348 e. The fourth-order valence-electron chi connectivity index (χ4n) is 3.65. The van der Waals surface area contributed by atoms with E-state index in [1.165, 1.54) is 22.5 Å². The molecule has 1 aliphatic carbocycles. The summed E-state index contributed by atoms with van der Waals surface area (Å²) in [7, 11) is -7.21. The van der Waals surface area contributed by atoms with Crippen LogP contribution in [0.25, 0.3) is 0 Å². The molecule has 0 aromatic heterocycles. The van der Waals surface area contributed by atoms with E-state index in [0.717, 1.165) is 32.1 Å². The summed E-state index contributed by atoms with van der Waals surface area (Å²) >= 11 is 0. The lowest BCUT2D eigenvalue weighted by Gasteiger charge is -2.26. The number of carbonyl (C=O) groups is 1. The third kappa shape index (κ3) is 5.37. The third-order valence-electron chi connectivity index (χ3n) is 5.61. The van der Waals surface area contributed by atoms with Crippen molar-refractivity contribution < 1.29 is 21.6 Å². The highest BCUT2D eigenvalue weighted by Crippen LogP contribution is 2.23. The monoisotopic (exact) mass is 477 g/mol. The first-order valence-corrected chi connectivity index (χ1v) is 13.7. The van der Waals surface area contributed by atoms with Crippen LogP contribution in [0, 0.1) is 0 Å². The van der Waals surface area contributed by atoms with Gasteiger partial charge in [0.25, 0.3) is 5.91 Å². The van der Waals surface area contributed by atoms with Gasteiger partial charge in [0.2, 0.25) is 20.0 Å². The summed E-state index contributed by atoms with van der Waals surface area (Å²) in [6.07, 6.45) is 4.41. The molecule has 1 amide bonds. The highest BCUT2D eigenvalue weighted by Gasteiger charge is 2.28. The first kappa shape index (κ1) is 22.9. The van der Waals surface area contributed by atoms with Gasteiger partial charge in [0.15, 0.2) is 0 Å². The highest BCUT2D eigenvalue weighted by molar-refractivity contribution is 7.89. The van der Waals surface area contributed by atoms with E-state index in [0.29, 0.717) is 18.7 Å². The lowest BCUT2D eigenvalue weighted by atomic mass is 10.2. The molecule has 0 bridgehead atoms. The summed E-state index contributed by atoms with van der Waals surface area (Å²) in [5.41, 5.74) is 0.872. The van der Waals surface area contributed by atoms with Crippen molar-refractivity contribution in [3.8, 4) is 0 Å². The van der Waals surface area contributed by atoms with Crippen molar-refractivity contribution in [3.05, 3.63) is 59.7 Å². The third-order valence-corrected chi connectivity index (χ3v) is 9.02. The van der Waals surface area contributed by atoms with Gasteiger partial charge < -0.3 is 5.32 Å². The Bertz CT molecular complexity index is 1200. The van der Waals surface area contributed by atoms with E-state index in [-0.39, 0.29) is 27.9 Å². The molecule has 0 unspecified atom stereocenters. The topological polar surface area (TPSA) is 113 Å². The van der Waals surface area contributed by atoms with Crippen LogP contribution in [0.5, 0.6) is 0 Å². The Hall–Kier alpha value is -2.27. The molecular weight excluding hydrogens is 450 g/mol. The number of rotatable bonds is 8. The zero-order valence-corrected chi connectivity index (χ0v) is 19.3. The molecule has 0 spiro atoms. The summed E-state index contributed by atoms with van der Waals surface area (Å²) < 4.78 is 54.7. The number of amides is 1. The first-order valence-electron chi connectivity index (χ1n) is 10.8. The molecule has 0 atom stereocenters. The summed E-state index contributed by atoms with van der Waals surface area (Å²) in [6, 6.07) is 12.4. The van der Waals surface area contributed by atoms with Crippen molar-refractivity contribution in [3.63, 3.8) is 0 Å². The van der Waals surface area contributed by atoms with Gasteiger partial charge in [-0.15, -0.1) is 0 Å². The molecule has 0 radical (unpaired) electrons. The molecule has 2 aromatic rings. The molecular formula is C22H27N3O5S2. The molecule has 10 heteroatoms. The van der Waals surface area contributed by atoms with Gasteiger partial charge in [-0.05, 0) is 61.6 Å². The standard InChI is InChI=1S/C22H27N3O5S2/c26-22(18-7-5-8-20(15-18)31(27,28)24-19-10-11-19)23-16-17-6-4-9-21(14-17)32(29,30)25-12-2-1-3-13-25/h4-9,14-15,19,24H,1-3,10-13,16H2,(H,23,26). The Kier molecular flexibility index (Phi) is 6.66. The van der Waals surface area contributed by atoms with Gasteiger partial charge in [-0.3, -0.25) is 4.79 Å². The Morgan fingerprint density at radius 1 is 0.906 bits per heavy atom. The number of sulfonamides is 2. The summed E-state index contributed by atoms with van der Waals surface area (Å²) in [4.78, 5) is 12.9. The number of nitrogens with one attached hydrogen (secondary N) is 2. The quantitative estimate of drug-likeness (QED) is 0.605.